The minimum atomic E-state index is -0.403. The van der Waals surface area contributed by atoms with E-state index in [1.54, 1.807) is 30.5 Å². The highest BCUT2D eigenvalue weighted by molar-refractivity contribution is 7.09. The summed E-state index contributed by atoms with van der Waals surface area (Å²) in [5.74, 6) is 0.744. The summed E-state index contributed by atoms with van der Waals surface area (Å²) in [4.78, 5) is 20.9. The van der Waals surface area contributed by atoms with Gasteiger partial charge in [0.1, 0.15) is 0 Å². The normalized spacial score (nSPS) is 11.3. The third kappa shape index (κ3) is 4.75. The van der Waals surface area contributed by atoms with Crippen molar-refractivity contribution in [3.63, 3.8) is 0 Å². The van der Waals surface area contributed by atoms with Crippen molar-refractivity contribution in [3.05, 3.63) is 56.0 Å². The first kappa shape index (κ1) is 16.9. The average molecular weight is 333 g/mol. The first-order valence-corrected chi connectivity index (χ1v) is 7.93. The van der Waals surface area contributed by atoms with Crippen LogP contribution in [0.15, 0.2) is 34.6 Å². The van der Waals surface area contributed by atoms with Crippen LogP contribution in [-0.4, -0.2) is 34.9 Å². The fraction of sp³-hybridized carbons (Fsp3) is 0.333. The highest BCUT2D eigenvalue weighted by atomic mass is 32.1. The van der Waals surface area contributed by atoms with E-state index in [9.17, 15) is 10.1 Å². The summed E-state index contributed by atoms with van der Waals surface area (Å²) >= 11 is 1.63. The van der Waals surface area contributed by atoms with Gasteiger partial charge in [0, 0.05) is 38.2 Å². The Balaban J connectivity index is 1.92. The Labute approximate surface area is 138 Å². The van der Waals surface area contributed by atoms with Crippen molar-refractivity contribution in [2.24, 2.45) is 4.99 Å². The monoisotopic (exact) mass is 333 g/mol. The molecule has 2 aromatic rings. The third-order valence-corrected chi connectivity index (χ3v) is 4.06. The Morgan fingerprint density at radius 1 is 1.43 bits per heavy atom. The molecule has 0 fully saturated rings. The number of hydrogen-bond donors (Lipinski definition) is 1. The van der Waals surface area contributed by atoms with Crippen molar-refractivity contribution in [2.45, 2.75) is 20.0 Å². The SMILES string of the molecule is CN=C(NCc1ccc([N+](=O)[O-])cc1)N(C)Cc1csc(C)n1. The number of nitro groups is 1. The molecule has 122 valence electrons. The highest BCUT2D eigenvalue weighted by Gasteiger charge is 2.09. The fourth-order valence-corrected chi connectivity index (χ4v) is 2.70. The molecule has 0 saturated carbocycles. The number of benzene rings is 1. The van der Waals surface area contributed by atoms with E-state index >= 15 is 0 Å². The summed E-state index contributed by atoms with van der Waals surface area (Å²) in [6.45, 7) is 3.20. The van der Waals surface area contributed by atoms with Crippen LogP contribution >= 0.6 is 11.3 Å². The van der Waals surface area contributed by atoms with Gasteiger partial charge < -0.3 is 10.2 Å². The number of nitrogens with zero attached hydrogens (tertiary/aromatic N) is 4. The van der Waals surface area contributed by atoms with E-state index in [0.29, 0.717) is 13.1 Å². The minimum Gasteiger partial charge on any atom is -0.352 e. The Morgan fingerprint density at radius 3 is 2.65 bits per heavy atom. The molecule has 23 heavy (non-hydrogen) atoms. The van der Waals surface area contributed by atoms with Crippen LogP contribution in [0.1, 0.15) is 16.3 Å². The lowest BCUT2D eigenvalue weighted by molar-refractivity contribution is -0.384. The first-order valence-electron chi connectivity index (χ1n) is 7.05. The van der Waals surface area contributed by atoms with Gasteiger partial charge in [0.2, 0.25) is 0 Å². The van der Waals surface area contributed by atoms with Gasteiger partial charge in [-0.1, -0.05) is 12.1 Å². The zero-order valence-electron chi connectivity index (χ0n) is 13.3. The molecule has 0 radical (unpaired) electrons. The maximum Gasteiger partial charge on any atom is 0.269 e. The Morgan fingerprint density at radius 2 is 2.13 bits per heavy atom. The van der Waals surface area contributed by atoms with Gasteiger partial charge in [-0.05, 0) is 12.5 Å². The molecule has 2 rings (SSSR count). The molecule has 0 aliphatic rings. The van der Waals surface area contributed by atoms with Crippen molar-refractivity contribution in [2.75, 3.05) is 14.1 Å². The van der Waals surface area contributed by atoms with Crippen molar-refractivity contribution in [1.82, 2.24) is 15.2 Å². The molecule has 7 nitrogen and oxygen atoms in total. The topological polar surface area (TPSA) is 83.7 Å². The standard InChI is InChI=1S/C15H19N5O2S/c1-11-18-13(10-23-11)9-19(3)15(16-2)17-8-12-4-6-14(7-5-12)20(21)22/h4-7,10H,8-9H2,1-3H3,(H,16,17). The zero-order chi connectivity index (χ0) is 16.8. The van der Waals surface area contributed by atoms with Crippen LogP contribution in [0.4, 0.5) is 5.69 Å². The largest absolute Gasteiger partial charge is 0.352 e. The Hall–Kier alpha value is -2.48. The average Bonchev–Trinajstić information content (AvgIpc) is 2.93. The number of aliphatic imine (C=N–C) groups is 1. The molecule has 8 heteroatoms. The Kier molecular flexibility index (Phi) is 5.64. The van der Waals surface area contributed by atoms with Crippen LogP contribution < -0.4 is 5.32 Å². The predicted molar refractivity (Wildman–Crippen MR) is 91.6 cm³/mol. The van der Waals surface area contributed by atoms with E-state index in [0.717, 1.165) is 22.2 Å². The van der Waals surface area contributed by atoms with Gasteiger partial charge in [-0.25, -0.2) is 4.98 Å². The van der Waals surface area contributed by atoms with E-state index in [1.807, 2.05) is 24.3 Å². The van der Waals surface area contributed by atoms with E-state index < -0.39 is 4.92 Å². The molecule has 0 atom stereocenters. The van der Waals surface area contributed by atoms with Crippen molar-refractivity contribution in [3.8, 4) is 0 Å². The van der Waals surface area contributed by atoms with Gasteiger partial charge in [-0.2, -0.15) is 0 Å². The molecule has 1 heterocycles. The fourth-order valence-electron chi connectivity index (χ4n) is 2.10. The van der Waals surface area contributed by atoms with Gasteiger partial charge >= 0.3 is 0 Å². The second-order valence-corrected chi connectivity index (χ2v) is 6.10. The lowest BCUT2D eigenvalue weighted by Gasteiger charge is -2.21. The van der Waals surface area contributed by atoms with Gasteiger partial charge in [-0.3, -0.25) is 15.1 Å². The third-order valence-electron chi connectivity index (χ3n) is 3.24. The molecule has 1 aromatic carbocycles. The van der Waals surface area contributed by atoms with Crippen molar-refractivity contribution in [1.29, 1.82) is 0 Å². The number of aryl methyl sites for hydroxylation is 1. The molecule has 0 aliphatic carbocycles. The molecular weight excluding hydrogens is 314 g/mol. The number of thiazole rings is 1. The van der Waals surface area contributed by atoms with E-state index in [4.69, 9.17) is 0 Å². The molecule has 0 spiro atoms. The lowest BCUT2D eigenvalue weighted by Crippen LogP contribution is -2.38. The van der Waals surface area contributed by atoms with Crippen LogP contribution in [0.25, 0.3) is 0 Å². The minimum absolute atomic E-state index is 0.0918. The second-order valence-electron chi connectivity index (χ2n) is 5.04. The number of guanidine groups is 1. The molecule has 0 unspecified atom stereocenters. The summed E-state index contributed by atoms with van der Waals surface area (Å²) in [5.41, 5.74) is 2.05. The van der Waals surface area contributed by atoms with Gasteiger partial charge in [0.25, 0.3) is 5.69 Å². The van der Waals surface area contributed by atoms with E-state index in [2.05, 4.69) is 15.3 Å². The maximum absolute atomic E-state index is 10.6. The molecule has 0 bridgehead atoms. The number of nitro benzene ring substituents is 1. The zero-order valence-corrected chi connectivity index (χ0v) is 14.1. The van der Waals surface area contributed by atoms with Crippen LogP contribution in [0.5, 0.6) is 0 Å². The molecule has 0 saturated heterocycles. The number of nitrogens with one attached hydrogen (secondary N) is 1. The summed E-state index contributed by atoms with van der Waals surface area (Å²) in [5, 5.41) is 17.0. The quantitative estimate of drug-likeness (QED) is 0.393. The number of non-ortho nitro benzene ring substituents is 1. The molecule has 0 aliphatic heterocycles. The maximum atomic E-state index is 10.6. The number of aromatic nitrogens is 1. The van der Waals surface area contributed by atoms with Gasteiger partial charge in [0.05, 0.1) is 22.2 Å². The van der Waals surface area contributed by atoms with Crippen LogP contribution in [0.2, 0.25) is 0 Å². The molecule has 0 amide bonds. The Bertz CT molecular complexity index is 696. The second kappa shape index (κ2) is 7.68. The lowest BCUT2D eigenvalue weighted by atomic mass is 10.2. The van der Waals surface area contributed by atoms with Crippen LogP contribution in [0, 0.1) is 17.0 Å². The number of rotatable bonds is 5. The van der Waals surface area contributed by atoms with Gasteiger partial charge in [-0.15, -0.1) is 11.3 Å². The summed E-state index contributed by atoms with van der Waals surface area (Å²) in [7, 11) is 3.67. The molecule has 1 aromatic heterocycles. The predicted octanol–water partition coefficient (Wildman–Crippen LogP) is 2.57. The molecule has 1 N–H and O–H groups in total. The van der Waals surface area contributed by atoms with Crippen molar-refractivity contribution >= 4 is 23.0 Å². The summed E-state index contributed by atoms with van der Waals surface area (Å²) < 4.78 is 0. The van der Waals surface area contributed by atoms with Crippen LogP contribution in [0.3, 0.4) is 0 Å². The smallest absolute Gasteiger partial charge is 0.269 e. The van der Waals surface area contributed by atoms with Crippen LogP contribution in [-0.2, 0) is 13.1 Å². The number of hydrogen-bond acceptors (Lipinski definition) is 5. The van der Waals surface area contributed by atoms with Crippen molar-refractivity contribution < 1.29 is 4.92 Å². The first-order chi connectivity index (χ1) is 11.0. The van der Waals surface area contributed by atoms with Gasteiger partial charge in [0.15, 0.2) is 5.96 Å². The highest BCUT2D eigenvalue weighted by Crippen LogP contribution is 2.12. The van der Waals surface area contributed by atoms with E-state index in [1.165, 1.54) is 12.1 Å². The van der Waals surface area contributed by atoms with E-state index in [-0.39, 0.29) is 5.69 Å². The molecular formula is C15H19N5O2S. The summed E-state index contributed by atoms with van der Waals surface area (Å²) in [6.07, 6.45) is 0. The summed E-state index contributed by atoms with van der Waals surface area (Å²) in [6, 6.07) is 6.48.